The van der Waals surface area contributed by atoms with E-state index >= 15 is 0 Å². The van der Waals surface area contributed by atoms with Crippen molar-refractivity contribution in [1.82, 2.24) is 19.4 Å². The predicted octanol–water partition coefficient (Wildman–Crippen LogP) is 3.58. The van der Waals surface area contributed by atoms with Crippen molar-refractivity contribution in [2.75, 3.05) is 26.3 Å². The van der Waals surface area contributed by atoms with E-state index in [0.29, 0.717) is 37.7 Å². The highest BCUT2D eigenvalue weighted by molar-refractivity contribution is 5.83. The molecule has 1 fully saturated rings. The minimum absolute atomic E-state index is 0.165. The second-order valence-electron chi connectivity index (χ2n) is 7.27. The molecule has 8 heteroatoms. The summed E-state index contributed by atoms with van der Waals surface area (Å²) in [4.78, 5) is 33.9. The molecule has 1 aromatic carbocycles. The van der Waals surface area contributed by atoms with Gasteiger partial charge in [0, 0.05) is 42.4 Å². The number of nitrogens with one attached hydrogen (secondary N) is 1. The molecular formula is C22H26N4O4. The molecule has 0 bridgehead atoms. The highest BCUT2D eigenvalue weighted by Gasteiger charge is 2.26. The van der Waals surface area contributed by atoms with E-state index < -0.39 is 0 Å². The highest BCUT2D eigenvalue weighted by Crippen LogP contribution is 2.29. The van der Waals surface area contributed by atoms with E-state index in [0.717, 1.165) is 29.5 Å². The number of fused-ring (bicyclic) bond motifs is 1. The van der Waals surface area contributed by atoms with Gasteiger partial charge < -0.3 is 23.9 Å². The monoisotopic (exact) mass is 410 g/mol. The lowest BCUT2D eigenvalue weighted by Crippen LogP contribution is -2.39. The maximum Gasteiger partial charge on any atom is 0.409 e. The third-order valence-corrected chi connectivity index (χ3v) is 5.42. The Morgan fingerprint density at radius 3 is 2.73 bits per heavy atom. The number of carbonyl (C=O) groups excluding carboxylic acids is 1. The molecule has 0 aliphatic carbocycles. The van der Waals surface area contributed by atoms with Crippen molar-refractivity contribution in [1.29, 1.82) is 0 Å². The van der Waals surface area contributed by atoms with E-state index in [1.165, 1.54) is 0 Å². The van der Waals surface area contributed by atoms with Crippen LogP contribution in [0, 0.1) is 0 Å². The molecule has 0 spiro atoms. The van der Waals surface area contributed by atoms with Gasteiger partial charge in [-0.05, 0) is 51.0 Å². The van der Waals surface area contributed by atoms with E-state index in [1.54, 1.807) is 18.0 Å². The first-order valence-electron chi connectivity index (χ1n) is 10.4. The van der Waals surface area contributed by atoms with Gasteiger partial charge in [0.05, 0.1) is 18.8 Å². The van der Waals surface area contributed by atoms with Crippen molar-refractivity contribution < 1.29 is 14.3 Å². The summed E-state index contributed by atoms with van der Waals surface area (Å²) >= 11 is 0. The molecule has 30 heavy (non-hydrogen) atoms. The van der Waals surface area contributed by atoms with Crippen molar-refractivity contribution in [2.24, 2.45) is 0 Å². The van der Waals surface area contributed by atoms with Crippen molar-refractivity contribution in [3.8, 4) is 17.1 Å². The van der Waals surface area contributed by atoms with Gasteiger partial charge in [-0.25, -0.2) is 9.78 Å². The third kappa shape index (κ3) is 3.90. The van der Waals surface area contributed by atoms with Crippen LogP contribution in [-0.4, -0.2) is 51.8 Å². The summed E-state index contributed by atoms with van der Waals surface area (Å²) in [6.45, 7) is 5.93. The molecule has 3 aromatic rings. The van der Waals surface area contributed by atoms with Crippen LogP contribution in [0.5, 0.6) is 5.75 Å². The molecule has 0 radical (unpaired) electrons. The number of imidazole rings is 1. The summed E-state index contributed by atoms with van der Waals surface area (Å²) < 4.78 is 12.7. The van der Waals surface area contributed by atoms with Crippen LogP contribution in [0.25, 0.3) is 22.3 Å². The summed E-state index contributed by atoms with van der Waals surface area (Å²) in [6.07, 6.45) is 4.91. The van der Waals surface area contributed by atoms with Gasteiger partial charge in [-0.2, -0.15) is 0 Å². The van der Waals surface area contributed by atoms with E-state index in [9.17, 15) is 9.59 Å². The van der Waals surface area contributed by atoms with Crippen molar-refractivity contribution in [2.45, 2.75) is 32.7 Å². The minimum Gasteiger partial charge on any atom is -0.494 e. The second kappa shape index (κ2) is 8.61. The first kappa shape index (κ1) is 20.0. The topological polar surface area (TPSA) is 89.4 Å². The van der Waals surface area contributed by atoms with Gasteiger partial charge in [-0.15, -0.1) is 0 Å². The number of likely N-dealkylation sites (tertiary alicyclic amines) is 1. The Morgan fingerprint density at radius 1 is 1.20 bits per heavy atom. The fraction of sp³-hybridized carbons (Fsp3) is 0.409. The molecule has 1 saturated heterocycles. The molecule has 3 heterocycles. The Kier molecular flexibility index (Phi) is 5.74. The molecule has 0 unspecified atom stereocenters. The summed E-state index contributed by atoms with van der Waals surface area (Å²) in [5.74, 6) is 1.40. The average Bonchev–Trinajstić information content (AvgIpc) is 3.23. The van der Waals surface area contributed by atoms with Crippen LogP contribution in [0.3, 0.4) is 0 Å². The number of amides is 1. The molecule has 2 aromatic heterocycles. The lowest BCUT2D eigenvalue weighted by atomic mass is 10.0. The Morgan fingerprint density at radius 2 is 2.00 bits per heavy atom. The molecule has 1 N–H and O–H groups in total. The number of H-pyrrole nitrogens is 1. The number of hydrogen-bond donors (Lipinski definition) is 1. The van der Waals surface area contributed by atoms with Crippen LogP contribution < -0.4 is 10.3 Å². The zero-order valence-corrected chi connectivity index (χ0v) is 17.3. The number of hydrogen-bond acceptors (Lipinski definition) is 5. The summed E-state index contributed by atoms with van der Waals surface area (Å²) in [5.41, 5.74) is 1.10. The standard InChI is InChI=1S/C22H26N4O4/c1-3-29-17-5-6-19-15(13-17)14-18(21(27)24-19)20-23-9-12-26(20)16-7-10-25(11-8-16)22(28)30-4-2/h5-6,9,12-14,16H,3-4,7-8,10-11H2,1-2H3,(H,24,27). The molecule has 1 aliphatic heterocycles. The number of pyridine rings is 1. The van der Waals surface area contributed by atoms with E-state index in [2.05, 4.69) is 9.97 Å². The van der Waals surface area contributed by atoms with Crippen molar-refractivity contribution in [3.05, 3.63) is 47.0 Å². The van der Waals surface area contributed by atoms with E-state index in [1.807, 2.05) is 42.0 Å². The quantitative estimate of drug-likeness (QED) is 0.694. The predicted molar refractivity (Wildman–Crippen MR) is 114 cm³/mol. The van der Waals surface area contributed by atoms with E-state index in [4.69, 9.17) is 9.47 Å². The van der Waals surface area contributed by atoms with Gasteiger partial charge in [0.2, 0.25) is 0 Å². The zero-order chi connectivity index (χ0) is 21.1. The Balaban J connectivity index is 1.61. The van der Waals surface area contributed by atoms with Crippen molar-refractivity contribution >= 4 is 17.0 Å². The largest absolute Gasteiger partial charge is 0.494 e. The molecule has 8 nitrogen and oxygen atoms in total. The van der Waals surface area contributed by atoms with Gasteiger partial charge >= 0.3 is 6.09 Å². The normalized spacial score (nSPS) is 14.8. The van der Waals surface area contributed by atoms with Crippen molar-refractivity contribution in [3.63, 3.8) is 0 Å². The smallest absolute Gasteiger partial charge is 0.409 e. The number of carbonyl (C=O) groups is 1. The summed E-state index contributed by atoms with van der Waals surface area (Å²) in [6, 6.07) is 7.65. The summed E-state index contributed by atoms with van der Waals surface area (Å²) in [7, 11) is 0. The van der Waals surface area contributed by atoms with Crippen LogP contribution in [0.1, 0.15) is 32.7 Å². The first-order valence-corrected chi connectivity index (χ1v) is 10.4. The molecule has 4 rings (SSSR count). The molecule has 158 valence electrons. The second-order valence-corrected chi connectivity index (χ2v) is 7.27. The molecule has 0 saturated carbocycles. The summed E-state index contributed by atoms with van der Waals surface area (Å²) in [5, 5.41) is 0.891. The average molecular weight is 410 g/mol. The number of aromatic amines is 1. The molecule has 0 atom stereocenters. The Labute approximate surface area is 174 Å². The fourth-order valence-electron chi connectivity index (χ4n) is 3.96. The minimum atomic E-state index is -0.266. The number of piperidine rings is 1. The van der Waals surface area contributed by atoms with Gasteiger partial charge in [0.15, 0.2) is 0 Å². The van der Waals surface area contributed by atoms with Crippen LogP contribution in [0.15, 0.2) is 41.5 Å². The van der Waals surface area contributed by atoms with Crippen LogP contribution in [0.2, 0.25) is 0 Å². The lowest BCUT2D eigenvalue weighted by Gasteiger charge is -2.32. The third-order valence-electron chi connectivity index (χ3n) is 5.42. The number of aromatic nitrogens is 3. The first-order chi connectivity index (χ1) is 14.6. The number of nitrogens with zero attached hydrogens (tertiary/aromatic N) is 3. The zero-order valence-electron chi connectivity index (χ0n) is 17.3. The van der Waals surface area contributed by atoms with Crippen LogP contribution in [-0.2, 0) is 4.74 Å². The maximum absolute atomic E-state index is 12.8. The molecular weight excluding hydrogens is 384 g/mol. The van der Waals surface area contributed by atoms with Crippen LogP contribution in [0.4, 0.5) is 4.79 Å². The maximum atomic E-state index is 12.8. The lowest BCUT2D eigenvalue weighted by molar-refractivity contribution is 0.0928. The number of ether oxygens (including phenoxy) is 2. The fourth-order valence-corrected chi connectivity index (χ4v) is 3.96. The molecule has 1 aliphatic rings. The van der Waals surface area contributed by atoms with Gasteiger partial charge in [-0.3, -0.25) is 4.79 Å². The SMILES string of the molecule is CCOC(=O)N1CCC(n2ccnc2-c2cc3cc(OCC)ccc3[nH]c2=O)CC1. The molecule has 1 amide bonds. The Hall–Kier alpha value is -3.29. The highest BCUT2D eigenvalue weighted by atomic mass is 16.6. The number of benzene rings is 1. The van der Waals surface area contributed by atoms with Gasteiger partial charge in [0.1, 0.15) is 11.6 Å². The van der Waals surface area contributed by atoms with Crippen LogP contribution >= 0.6 is 0 Å². The Bertz CT molecular complexity index is 1100. The van der Waals surface area contributed by atoms with Gasteiger partial charge in [0.25, 0.3) is 5.56 Å². The number of rotatable bonds is 5. The van der Waals surface area contributed by atoms with Gasteiger partial charge in [-0.1, -0.05) is 0 Å². The van der Waals surface area contributed by atoms with E-state index in [-0.39, 0.29) is 17.7 Å².